The van der Waals surface area contributed by atoms with Crippen LogP contribution in [0.5, 0.6) is 5.75 Å². The summed E-state index contributed by atoms with van der Waals surface area (Å²) in [5.41, 5.74) is 1.39. The Kier molecular flexibility index (Phi) is 5.43. The number of fused-ring (bicyclic) bond motifs is 1. The van der Waals surface area contributed by atoms with Gasteiger partial charge in [-0.1, -0.05) is 11.8 Å². The summed E-state index contributed by atoms with van der Waals surface area (Å²) in [7, 11) is 1.64. The quantitative estimate of drug-likeness (QED) is 0.436. The lowest BCUT2D eigenvalue weighted by Gasteiger charge is -2.15. The summed E-state index contributed by atoms with van der Waals surface area (Å²) in [6.07, 6.45) is 3.65. The fourth-order valence-corrected chi connectivity index (χ4v) is 4.43. The SMILES string of the molecule is COc1ccc(-c2nnc(SCc3cc(=O)n4[nH]cnc4n3)n2CC2CCCO2)cc1. The van der Waals surface area contributed by atoms with Gasteiger partial charge in [0.1, 0.15) is 12.1 Å². The molecule has 1 atom stereocenters. The molecule has 4 heterocycles. The van der Waals surface area contributed by atoms with Crippen LogP contribution in [0.25, 0.3) is 17.2 Å². The second-order valence-corrected chi connectivity index (χ2v) is 8.12. The van der Waals surface area contributed by atoms with E-state index in [2.05, 4.69) is 29.8 Å². The van der Waals surface area contributed by atoms with E-state index in [0.717, 1.165) is 41.7 Å². The van der Waals surface area contributed by atoms with Crippen LogP contribution in [0.3, 0.4) is 0 Å². The first kappa shape index (κ1) is 19.8. The molecule has 10 nitrogen and oxygen atoms in total. The molecule has 1 aromatic carbocycles. The number of hydrogen-bond donors (Lipinski definition) is 1. The van der Waals surface area contributed by atoms with Crippen LogP contribution in [0.2, 0.25) is 0 Å². The third-order valence-electron chi connectivity index (χ3n) is 5.15. The second kappa shape index (κ2) is 8.52. The van der Waals surface area contributed by atoms with Gasteiger partial charge in [0.25, 0.3) is 11.3 Å². The number of aromatic amines is 1. The number of aromatic nitrogens is 7. The summed E-state index contributed by atoms with van der Waals surface area (Å²) in [6.45, 7) is 1.45. The lowest BCUT2D eigenvalue weighted by molar-refractivity contribution is 0.0953. The van der Waals surface area contributed by atoms with Crippen molar-refractivity contribution in [1.82, 2.24) is 34.3 Å². The summed E-state index contributed by atoms with van der Waals surface area (Å²) >= 11 is 1.49. The van der Waals surface area contributed by atoms with E-state index >= 15 is 0 Å². The topological polar surface area (TPSA) is 112 Å². The van der Waals surface area contributed by atoms with Crippen molar-refractivity contribution in [2.24, 2.45) is 0 Å². The van der Waals surface area contributed by atoms with E-state index in [4.69, 9.17) is 9.47 Å². The maximum Gasteiger partial charge on any atom is 0.274 e. The average molecular weight is 440 g/mol. The number of hydrogen-bond acceptors (Lipinski definition) is 8. The molecule has 1 fully saturated rings. The summed E-state index contributed by atoms with van der Waals surface area (Å²) in [4.78, 5) is 20.7. The number of thioether (sulfide) groups is 1. The molecule has 0 saturated carbocycles. The zero-order valence-electron chi connectivity index (χ0n) is 16.9. The van der Waals surface area contributed by atoms with Crippen molar-refractivity contribution < 1.29 is 9.47 Å². The minimum atomic E-state index is -0.196. The molecule has 0 spiro atoms. The van der Waals surface area contributed by atoms with Crippen LogP contribution in [0, 0.1) is 0 Å². The molecule has 160 valence electrons. The van der Waals surface area contributed by atoms with Crippen LogP contribution < -0.4 is 10.3 Å². The average Bonchev–Trinajstić information content (AvgIpc) is 3.54. The summed E-state index contributed by atoms with van der Waals surface area (Å²) in [5.74, 6) is 2.39. The smallest absolute Gasteiger partial charge is 0.274 e. The Morgan fingerprint density at radius 1 is 1.29 bits per heavy atom. The highest BCUT2D eigenvalue weighted by Crippen LogP contribution is 2.29. The Morgan fingerprint density at radius 2 is 2.16 bits per heavy atom. The molecule has 5 rings (SSSR count). The summed E-state index contributed by atoms with van der Waals surface area (Å²) in [5, 5.41) is 12.4. The number of ether oxygens (including phenoxy) is 2. The van der Waals surface area contributed by atoms with E-state index in [1.54, 1.807) is 7.11 Å². The van der Waals surface area contributed by atoms with E-state index in [9.17, 15) is 4.79 Å². The van der Waals surface area contributed by atoms with Crippen molar-refractivity contribution in [3.63, 3.8) is 0 Å². The van der Waals surface area contributed by atoms with E-state index in [1.165, 1.54) is 28.7 Å². The number of nitrogens with zero attached hydrogens (tertiary/aromatic N) is 6. The highest BCUT2D eigenvalue weighted by atomic mass is 32.2. The van der Waals surface area contributed by atoms with E-state index in [0.29, 0.717) is 23.8 Å². The standard InChI is InChI=1S/C20H21N7O3S/c1-29-15-6-4-13(5-7-15)18-24-25-20(26(18)10-16-3-2-8-30-16)31-11-14-9-17(28)27-19(23-14)21-12-22-27/h4-7,9,12,16H,2-3,8,10-11H2,1H3,(H,21,22,23). The molecule has 1 aliphatic heterocycles. The molecule has 4 aromatic rings. The molecular formula is C20H21N7O3S. The third-order valence-corrected chi connectivity index (χ3v) is 6.15. The van der Waals surface area contributed by atoms with Crippen LogP contribution >= 0.6 is 11.8 Å². The van der Waals surface area contributed by atoms with Crippen LogP contribution in [0.1, 0.15) is 18.5 Å². The van der Waals surface area contributed by atoms with E-state index in [1.807, 2.05) is 24.3 Å². The minimum absolute atomic E-state index is 0.135. The Bertz CT molecular complexity index is 1240. The van der Waals surface area contributed by atoms with Crippen molar-refractivity contribution in [3.8, 4) is 17.1 Å². The van der Waals surface area contributed by atoms with Crippen molar-refractivity contribution in [2.45, 2.75) is 36.4 Å². The van der Waals surface area contributed by atoms with Crippen molar-refractivity contribution in [2.75, 3.05) is 13.7 Å². The molecule has 31 heavy (non-hydrogen) atoms. The number of benzene rings is 1. The molecule has 1 N–H and O–H groups in total. The molecule has 1 unspecified atom stereocenters. The largest absolute Gasteiger partial charge is 0.497 e. The maximum absolute atomic E-state index is 12.2. The number of H-pyrrole nitrogens is 1. The highest BCUT2D eigenvalue weighted by molar-refractivity contribution is 7.98. The summed E-state index contributed by atoms with van der Waals surface area (Å²) in [6, 6.07) is 9.26. The van der Waals surface area contributed by atoms with Crippen molar-refractivity contribution in [3.05, 3.63) is 52.7 Å². The Labute approximate surface area is 181 Å². The number of rotatable bonds is 7. The molecule has 0 bridgehead atoms. The fourth-order valence-electron chi connectivity index (χ4n) is 3.59. The molecule has 1 saturated heterocycles. The summed E-state index contributed by atoms with van der Waals surface area (Å²) < 4.78 is 14.5. The van der Waals surface area contributed by atoms with Gasteiger partial charge in [0.05, 0.1) is 25.5 Å². The predicted octanol–water partition coefficient (Wildman–Crippen LogP) is 2.16. The molecule has 1 aliphatic rings. The van der Waals surface area contributed by atoms with Gasteiger partial charge in [0.2, 0.25) is 0 Å². The first-order valence-corrected chi connectivity index (χ1v) is 10.9. The Balaban J connectivity index is 1.43. The number of methoxy groups -OCH3 is 1. The lowest BCUT2D eigenvalue weighted by atomic mass is 10.2. The zero-order valence-corrected chi connectivity index (χ0v) is 17.7. The second-order valence-electron chi connectivity index (χ2n) is 7.18. The monoisotopic (exact) mass is 439 g/mol. The fraction of sp³-hybridized carbons (Fsp3) is 0.350. The highest BCUT2D eigenvalue weighted by Gasteiger charge is 2.22. The van der Waals surface area contributed by atoms with Gasteiger partial charge in [-0.3, -0.25) is 14.5 Å². The normalized spacial score (nSPS) is 16.2. The first-order valence-electron chi connectivity index (χ1n) is 9.95. The minimum Gasteiger partial charge on any atom is -0.497 e. The van der Waals surface area contributed by atoms with Gasteiger partial charge in [-0.05, 0) is 37.1 Å². The first-order chi connectivity index (χ1) is 15.2. The van der Waals surface area contributed by atoms with Crippen molar-refractivity contribution >= 4 is 17.5 Å². The zero-order chi connectivity index (χ0) is 21.2. The maximum atomic E-state index is 12.2. The van der Waals surface area contributed by atoms with E-state index < -0.39 is 0 Å². The van der Waals surface area contributed by atoms with Gasteiger partial charge in [0.15, 0.2) is 11.0 Å². The van der Waals surface area contributed by atoms with Gasteiger partial charge in [-0.2, -0.15) is 4.52 Å². The lowest BCUT2D eigenvalue weighted by Crippen LogP contribution is -2.17. The molecule has 11 heteroatoms. The van der Waals surface area contributed by atoms with Crippen LogP contribution in [-0.2, 0) is 17.0 Å². The van der Waals surface area contributed by atoms with Crippen LogP contribution in [-0.4, -0.2) is 54.2 Å². The van der Waals surface area contributed by atoms with Crippen LogP contribution in [0.15, 0.2) is 46.6 Å². The molecule has 0 amide bonds. The molecule has 0 radical (unpaired) electrons. The van der Waals surface area contributed by atoms with Gasteiger partial charge in [-0.25, -0.2) is 9.97 Å². The molecule has 0 aliphatic carbocycles. The van der Waals surface area contributed by atoms with Gasteiger partial charge in [0, 0.05) is 24.0 Å². The Morgan fingerprint density at radius 3 is 2.94 bits per heavy atom. The van der Waals surface area contributed by atoms with Crippen molar-refractivity contribution in [1.29, 1.82) is 0 Å². The number of nitrogens with one attached hydrogen (secondary N) is 1. The Hall–Kier alpha value is -3.18. The molecule has 3 aromatic heterocycles. The van der Waals surface area contributed by atoms with Gasteiger partial charge in [-0.15, -0.1) is 10.2 Å². The van der Waals surface area contributed by atoms with Gasteiger partial charge >= 0.3 is 0 Å². The predicted molar refractivity (Wildman–Crippen MR) is 114 cm³/mol. The van der Waals surface area contributed by atoms with E-state index in [-0.39, 0.29) is 11.7 Å². The van der Waals surface area contributed by atoms with Crippen LogP contribution in [0.4, 0.5) is 0 Å². The van der Waals surface area contributed by atoms with Gasteiger partial charge < -0.3 is 9.47 Å². The molecular weight excluding hydrogens is 418 g/mol. The third kappa shape index (κ3) is 4.06.